The Balaban J connectivity index is 2.17. The summed E-state index contributed by atoms with van der Waals surface area (Å²) in [7, 11) is 0. The number of aliphatic hydroxyl groups is 1. The third-order valence-corrected chi connectivity index (χ3v) is 3.68. The molecular weight excluding hydrogens is 212 g/mol. The molecule has 2 heteroatoms. The standard InChI is InChI=1S/C15H22O2/c1-3-17-14-10-5-4-9-13(14)15(2,16)11-12-7-6-8-12/h4-5,9-10,12,16H,3,6-8,11H2,1-2H3. The molecule has 1 aromatic rings. The topological polar surface area (TPSA) is 29.5 Å². The molecule has 1 aliphatic carbocycles. The highest BCUT2D eigenvalue weighted by atomic mass is 16.5. The zero-order valence-corrected chi connectivity index (χ0v) is 10.8. The maximum atomic E-state index is 10.6. The molecule has 2 rings (SSSR count). The summed E-state index contributed by atoms with van der Waals surface area (Å²) in [4.78, 5) is 0. The summed E-state index contributed by atoms with van der Waals surface area (Å²) in [5, 5.41) is 10.6. The first-order chi connectivity index (χ1) is 8.13. The van der Waals surface area contributed by atoms with Crippen molar-refractivity contribution in [1.82, 2.24) is 0 Å². The lowest BCUT2D eigenvalue weighted by Gasteiger charge is -2.34. The molecule has 1 saturated carbocycles. The molecular formula is C15H22O2. The van der Waals surface area contributed by atoms with Crippen LogP contribution in [-0.2, 0) is 5.60 Å². The van der Waals surface area contributed by atoms with Crippen molar-refractivity contribution in [2.45, 2.75) is 45.1 Å². The minimum absolute atomic E-state index is 0.635. The van der Waals surface area contributed by atoms with Gasteiger partial charge in [0.1, 0.15) is 5.75 Å². The molecule has 17 heavy (non-hydrogen) atoms. The number of para-hydroxylation sites is 1. The van der Waals surface area contributed by atoms with E-state index in [2.05, 4.69) is 0 Å². The first-order valence-electron chi connectivity index (χ1n) is 6.58. The van der Waals surface area contributed by atoms with Crippen LogP contribution in [0.3, 0.4) is 0 Å². The summed E-state index contributed by atoms with van der Waals surface area (Å²) >= 11 is 0. The van der Waals surface area contributed by atoms with Gasteiger partial charge >= 0.3 is 0 Å². The maximum Gasteiger partial charge on any atom is 0.125 e. The van der Waals surface area contributed by atoms with Gasteiger partial charge in [-0.25, -0.2) is 0 Å². The van der Waals surface area contributed by atoms with E-state index in [1.54, 1.807) is 0 Å². The Morgan fingerprint density at radius 1 is 1.35 bits per heavy atom. The van der Waals surface area contributed by atoms with Crippen molar-refractivity contribution in [1.29, 1.82) is 0 Å². The molecule has 1 N–H and O–H groups in total. The molecule has 1 unspecified atom stereocenters. The van der Waals surface area contributed by atoms with E-state index in [-0.39, 0.29) is 0 Å². The van der Waals surface area contributed by atoms with Gasteiger partial charge in [-0.05, 0) is 32.3 Å². The lowest BCUT2D eigenvalue weighted by molar-refractivity contribution is 0.0138. The van der Waals surface area contributed by atoms with E-state index >= 15 is 0 Å². The molecule has 94 valence electrons. The van der Waals surface area contributed by atoms with E-state index in [0.29, 0.717) is 12.5 Å². The number of benzene rings is 1. The van der Waals surface area contributed by atoms with Gasteiger partial charge in [-0.15, -0.1) is 0 Å². The quantitative estimate of drug-likeness (QED) is 0.845. The second kappa shape index (κ2) is 5.09. The average molecular weight is 234 g/mol. The zero-order chi connectivity index (χ0) is 12.3. The van der Waals surface area contributed by atoms with E-state index in [4.69, 9.17) is 4.74 Å². The predicted octanol–water partition coefficient (Wildman–Crippen LogP) is 3.48. The average Bonchev–Trinajstić information content (AvgIpc) is 2.25. The lowest BCUT2D eigenvalue weighted by atomic mass is 9.75. The van der Waals surface area contributed by atoms with Crippen molar-refractivity contribution in [3.05, 3.63) is 29.8 Å². The van der Waals surface area contributed by atoms with E-state index < -0.39 is 5.60 Å². The number of hydrogen-bond donors (Lipinski definition) is 1. The van der Waals surface area contributed by atoms with Gasteiger partial charge in [0, 0.05) is 5.56 Å². The Labute approximate surface area is 104 Å². The summed E-state index contributed by atoms with van der Waals surface area (Å²) in [5.41, 5.74) is 0.158. The fraction of sp³-hybridized carbons (Fsp3) is 0.600. The number of hydrogen-bond acceptors (Lipinski definition) is 2. The van der Waals surface area contributed by atoms with Crippen molar-refractivity contribution in [3.63, 3.8) is 0 Å². The summed E-state index contributed by atoms with van der Waals surface area (Å²) in [6.45, 7) is 4.51. The van der Waals surface area contributed by atoms with Crippen LogP contribution in [0.4, 0.5) is 0 Å². The maximum absolute atomic E-state index is 10.6. The number of rotatable bonds is 5. The van der Waals surface area contributed by atoms with E-state index in [9.17, 15) is 5.11 Å². The third kappa shape index (κ3) is 2.81. The van der Waals surface area contributed by atoms with Crippen LogP contribution in [0.1, 0.15) is 45.1 Å². The minimum Gasteiger partial charge on any atom is -0.493 e. The third-order valence-electron chi connectivity index (χ3n) is 3.68. The van der Waals surface area contributed by atoms with Crippen LogP contribution in [0.25, 0.3) is 0 Å². The van der Waals surface area contributed by atoms with Gasteiger partial charge < -0.3 is 9.84 Å². The van der Waals surface area contributed by atoms with Crippen molar-refractivity contribution in [3.8, 4) is 5.75 Å². The fourth-order valence-electron chi connectivity index (χ4n) is 2.56. The molecule has 0 heterocycles. The molecule has 1 aromatic carbocycles. The van der Waals surface area contributed by atoms with Gasteiger partial charge in [-0.2, -0.15) is 0 Å². The van der Waals surface area contributed by atoms with Crippen LogP contribution in [-0.4, -0.2) is 11.7 Å². The Kier molecular flexibility index (Phi) is 3.72. The molecule has 0 aromatic heterocycles. The molecule has 0 saturated heterocycles. The molecule has 1 fully saturated rings. The Morgan fingerprint density at radius 2 is 2.06 bits per heavy atom. The Bertz CT molecular complexity index is 367. The Hall–Kier alpha value is -1.02. The molecule has 0 spiro atoms. The molecule has 2 nitrogen and oxygen atoms in total. The second-order valence-corrected chi connectivity index (χ2v) is 5.20. The van der Waals surface area contributed by atoms with Gasteiger partial charge in [0.05, 0.1) is 12.2 Å². The van der Waals surface area contributed by atoms with Crippen LogP contribution in [0, 0.1) is 5.92 Å². The predicted molar refractivity (Wildman–Crippen MR) is 69.1 cm³/mol. The highest BCUT2D eigenvalue weighted by Gasteiger charge is 2.32. The minimum atomic E-state index is -0.767. The second-order valence-electron chi connectivity index (χ2n) is 5.20. The SMILES string of the molecule is CCOc1ccccc1C(C)(O)CC1CCC1. The highest BCUT2D eigenvalue weighted by Crippen LogP contribution is 2.40. The van der Waals surface area contributed by atoms with Crippen LogP contribution >= 0.6 is 0 Å². The molecule has 0 aliphatic heterocycles. The van der Waals surface area contributed by atoms with Gasteiger partial charge in [0.25, 0.3) is 0 Å². The largest absolute Gasteiger partial charge is 0.493 e. The van der Waals surface area contributed by atoms with Crippen molar-refractivity contribution in [2.75, 3.05) is 6.61 Å². The van der Waals surface area contributed by atoms with Crippen LogP contribution in [0.15, 0.2) is 24.3 Å². The first kappa shape index (κ1) is 12.4. The summed E-state index contributed by atoms with van der Waals surface area (Å²) < 4.78 is 5.60. The molecule has 0 bridgehead atoms. The Morgan fingerprint density at radius 3 is 2.65 bits per heavy atom. The van der Waals surface area contributed by atoms with E-state index in [0.717, 1.165) is 17.7 Å². The fourth-order valence-corrected chi connectivity index (χ4v) is 2.56. The van der Waals surface area contributed by atoms with Gasteiger partial charge in [0.15, 0.2) is 0 Å². The number of ether oxygens (including phenoxy) is 1. The molecule has 1 aliphatic rings. The smallest absolute Gasteiger partial charge is 0.125 e. The van der Waals surface area contributed by atoms with Crippen LogP contribution < -0.4 is 4.74 Å². The summed E-state index contributed by atoms with van der Waals surface area (Å²) in [6, 6.07) is 7.83. The monoisotopic (exact) mass is 234 g/mol. The molecule has 1 atom stereocenters. The van der Waals surface area contributed by atoms with E-state index in [1.165, 1.54) is 19.3 Å². The van der Waals surface area contributed by atoms with Crippen molar-refractivity contribution < 1.29 is 9.84 Å². The molecule has 0 amide bonds. The van der Waals surface area contributed by atoms with Crippen molar-refractivity contribution in [2.24, 2.45) is 5.92 Å². The van der Waals surface area contributed by atoms with Gasteiger partial charge in [-0.1, -0.05) is 37.5 Å². The first-order valence-corrected chi connectivity index (χ1v) is 6.58. The normalized spacial score (nSPS) is 19.5. The lowest BCUT2D eigenvalue weighted by Crippen LogP contribution is -2.28. The van der Waals surface area contributed by atoms with E-state index in [1.807, 2.05) is 38.1 Å². The zero-order valence-electron chi connectivity index (χ0n) is 10.8. The summed E-state index contributed by atoms with van der Waals surface area (Å²) in [5.74, 6) is 1.50. The van der Waals surface area contributed by atoms with Gasteiger partial charge in [0.2, 0.25) is 0 Å². The van der Waals surface area contributed by atoms with Crippen LogP contribution in [0.2, 0.25) is 0 Å². The summed E-state index contributed by atoms with van der Waals surface area (Å²) in [6.07, 6.45) is 4.67. The van der Waals surface area contributed by atoms with Crippen molar-refractivity contribution >= 4 is 0 Å². The molecule has 0 radical (unpaired) electrons. The van der Waals surface area contributed by atoms with Gasteiger partial charge in [-0.3, -0.25) is 0 Å². The van der Waals surface area contributed by atoms with Crippen LogP contribution in [0.5, 0.6) is 5.75 Å². The highest BCUT2D eigenvalue weighted by molar-refractivity contribution is 5.37.